The number of ether oxygens (including phenoxy) is 4. The van der Waals surface area contributed by atoms with E-state index in [0.717, 1.165) is 18.0 Å². The van der Waals surface area contributed by atoms with Gasteiger partial charge in [0.15, 0.2) is 10.8 Å². The fraction of sp³-hybridized carbons (Fsp3) is 0.211. The molecule has 3 rings (SSSR count). The molecule has 3 aromatic heterocycles. The van der Waals surface area contributed by atoms with Gasteiger partial charge in [0.25, 0.3) is 10.0 Å². The molecular formula is C19H19ClN6O8S. The summed E-state index contributed by atoms with van der Waals surface area (Å²) >= 11 is 6.18. The summed E-state index contributed by atoms with van der Waals surface area (Å²) in [5.74, 6) is -0.803. The lowest BCUT2D eigenvalue weighted by Gasteiger charge is -2.13. The Morgan fingerprint density at radius 2 is 1.71 bits per heavy atom. The van der Waals surface area contributed by atoms with Gasteiger partial charge in [-0.15, -0.1) is 0 Å². The number of carbonyl (C=O) groups is 2. The standard InChI is InChI=1S/C19H19ClN6O8S/c1-31-10-7-13(22-15(8-10)33-3)23-19(28)25-35(29,30)17-11(18(27)34-4)9-21-26(17)16-12(20)5-6-14(24-16)32-2/h5-9H,1-4H3,(H2,22,23,25,28). The number of nitrogens with one attached hydrogen (secondary N) is 2. The molecule has 3 aromatic rings. The van der Waals surface area contributed by atoms with Crippen molar-refractivity contribution in [1.82, 2.24) is 24.5 Å². The molecule has 2 N–H and O–H groups in total. The Balaban J connectivity index is 2.02. The number of anilines is 1. The van der Waals surface area contributed by atoms with E-state index in [-0.39, 0.29) is 28.4 Å². The zero-order valence-corrected chi connectivity index (χ0v) is 20.3. The monoisotopic (exact) mass is 526 g/mol. The van der Waals surface area contributed by atoms with Crippen LogP contribution in [0, 0.1) is 0 Å². The van der Waals surface area contributed by atoms with Crippen molar-refractivity contribution in [2.75, 3.05) is 33.8 Å². The lowest BCUT2D eigenvalue weighted by molar-refractivity contribution is 0.0596. The summed E-state index contributed by atoms with van der Waals surface area (Å²) in [6.45, 7) is 0. The van der Waals surface area contributed by atoms with Gasteiger partial charge in [-0.3, -0.25) is 5.32 Å². The van der Waals surface area contributed by atoms with Crippen molar-refractivity contribution in [2.45, 2.75) is 5.03 Å². The maximum absolute atomic E-state index is 13.2. The maximum atomic E-state index is 13.2. The van der Waals surface area contributed by atoms with E-state index in [1.54, 1.807) is 4.72 Å². The van der Waals surface area contributed by atoms with Gasteiger partial charge < -0.3 is 18.9 Å². The second-order valence-electron chi connectivity index (χ2n) is 6.42. The summed E-state index contributed by atoms with van der Waals surface area (Å²) in [5.41, 5.74) is -0.477. The lowest BCUT2D eigenvalue weighted by atomic mass is 10.4. The molecule has 0 saturated heterocycles. The zero-order chi connectivity index (χ0) is 25.8. The molecule has 0 radical (unpaired) electrons. The summed E-state index contributed by atoms with van der Waals surface area (Å²) in [6.07, 6.45) is 0.935. The predicted octanol–water partition coefficient (Wildman–Crippen LogP) is 1.64. The van der Waals surface area contributed by atoms with E-state index in [0.29, 0.717) is 5.75 Å². The fourth-order valence-corrected chi connectivity index (χ4v) is 4.12. The number of aromatic nitrogens is 4. The van der Waals surface area contributed by atoms with Crippen molar-refractivity contribution in [2.24, 2.45) is 0 Å². The highest BCUT2D eigenvalue weighted by Crippen LogP contribution is 2.27. The first-order chi connectivity index (χ1) is 16.6. The second-order valence-corrected chi connectivity index (χ2v) is 8.42. The first-order valence-electron chi connectivity index (χ1n) is 9.44. The van der Waals surface area contributed by atoms with E-state index in [1.165, 1.54) is 45.6 Å². The van der Waals surface area contributed by atoms with Gasteiger partial charge in [-0.05, 0) is 6.07 Å². The van der Waals surface area contributed by atoms with Crippen LogP contribution < -0.4 is 24.2 Å². The Kier molecular flexibility index (Phi) is 7.61. The Morgan fingerprint density at radius 1 is 1.00 bits per heavy atom. The third-order valence-electron chi connectivity index (χ3n) is 4.29. The average Bonchev–Trinajstić information content (AvgIpc) is 3.29. The Labute approximate surface area is 204 Å². The largest absolute Gasteiger partial charge is 0.496 e. The van der Waals surface area contributed by atoms with Crippen LogP contribution in [0.25, 0.3) is 5.82 Å². The molecule has 0 fully saturated rings. The van der Waals surface area contributed by atoms with Crippen molar-refractivity contribution in [1.29, 1.82) is 0 Å². The van der Waals surface area contributed by atoms with Crippen molar-refractivity contribution in [3.63, 3.8) is 0 Å². The normalized spacial score (nSPS) is 10.9. The minimum absolute atomic E-state index is 0.0149. The van der Waals surface area contributed by atoms with E-state index in [4.69, 9.17) is 25.8 Å². The van der Waals surface area contributed by atoms with Gasteiger partial charge in [-0.2, -0.15) is 28.2 Å². The molecule has 35 heavy (non-hydrogen) atoms. The highest BCUT2D eigenvalue weighted by molar-refractivity contribution is 7.90. The molecule has 0 aliphatic carbocycles. The molecular weight excluding hydrogens is 508 g/mol. The van der Waals surface area contributed by atoms with Gasteiger partial charge in [-0.1, -0.05) is 11.6 Å². The third kappa shape index (κ3) is 5.52. The molecule has 0 spiro atoms. The average molecular weight is 527 g/mol. The van der Waals surface area contributed by atoms with Gasteiger partial charge in [0, 0.05) is 18.2 Å². The second kappa shape index (κ2) is 10.4. The molecule has 2 amide bonds. The van der Waals surface area contributed by atoms with Crippen LogP contribution in [0.5, 0.6) is 17.5 Å². The molecule has 0 aliphatic rings. The Morgan fingerprint density at radius 3 is 2.34 bits per heavy atom. The minimum Gasteiger partial charge on any atom is -0.496 e. The van der Waals surface area contributed by atoms with Crippen LogP contribution in [-0.2, 0) is 14.8 Å². The molecule has 0 bridgehead atoms. The van der Waals surface area contributed by atoms with Gasteiger partial charge in [0.05, 0.1) is 39.7 Å². The highest BCUT2D eigenvalue weighted by Gasteiger charge is 2.32. The smallest absolute Gasteiger partial charge is 0.342 e. The van der Waals surface area contributed by atoms with Crippen molar-refractivity contribution < 1.29 is 37.0 Å². The zero-order valence-electron chi connectivity index (χ0n) is 18.7. The number of nitrogens with zero attached hydrogens (tertiary/aromatic N) is 4. The fourth-order valence-electron chi connectivity index (χ4n) is 2.75. The van der Waals surface area contributed by atoms with E-state index in [2.05, 4.69) is 25.1 Å². The van der Waals surface area contributed by atoms with Crippen molar-refractivity contribution in [3.8, 4) is 23.3 Å². The summed E-state index contributed by atoms with van der Waals surface area (Å²) in [6, 6.07) is 4.40. The third-order valence-corrected chi connectivity index (χ3v) is 5.94. The molecule has 186 valence electrons. The first kappa shape index (κ1) is 25.5. The number of carbonyl (C=O) groups excluding carboxylic acids is 2. The van der Waals surface area contributed by atoms with Crippen LogP contribution in [0.1, 0.15) is 10.4 Å². The van der Waals surface area contributed by atoms with E-state index in [9.17, 15) is 18.0 Å². The molecule has 14 nitrogen and oxygen atoms in total. The SMILES string of the molecule is COC(=O)c1cnn(-c2nc(OC)ccc2Cl)c1S(=O)(=O)NC(=O)Nc1cc(OC)cc(OC)n1. The topological polar surface area (TPSA) is 173 Å². The highest BCUT2D eigenvalue weighted by atomic mass is 35.5. The molecule has 0 unspecified atom stereocenters. The minimum atomic E-state index is -4.76. The number of amides is 2. The van der Waals surface area contributed by atoms with E-state index < -0.39 is 32.6 Å². The van der Waals surface area contributed by atoms with Crippen LogP contribution in [0.3, 0.4) is 0 Å². The van der Waals surface area contributed by atoms with Crippen LogP contribution in [0.2, 0.25) is 5.02 Å². The van der Waals surface area contributed by atoms with Crippen LogP contribution in [0.15, 0.2) is 35.5 Å². The van der Waals surface area contributed by atoms with E-state index in [1.807, 2.05) is 0 Å². The van der Waals surface area contributed by atoms with Crippen molar-refractivity contribution in [3.05, 3.63) is 41.0 Å². The van der Waals surface area contributed by atoms with Gasteiger partial charge in [-0.25, -0.2) is 14.3 Å². The molecule has 0 saturated carbocycles. The predicted molar refractivity (Wildman–Crippen MR) is 121 cm³/mol. The molecule has 16 heteroatoms. The van der Waals surface area contributed by atoms with Crippen molar-refractivity contribution >= 4 is 39.4 Å². The molecule has 0 atom stereocenters. The van der Waals surface area contributed by atoms with Crippen LogP contribution in [-0.4, -0.2) is 68.6 Å². The quantitative estimate of drug-likeness (QED) is 0.408. The molecule has 0 aromatic carbocycles. The summed E-state index contributed by atoms with van der Waals surface area (Å²) in [7, 11) is 0.367. The van der Waals surface area contributed by atoms with Crippen LogP contribution in [0.4, 0.5) is 10.6 Å². The van der Waals surface area contributed by atoms with Crippen LogP contribution >= 0.6 is 11.6 Å². The molecule has 3 heterocycles. The van der Waals surface area contributed by atoms with Gasteiger partial charge in [0.2, 0.25) is 11.8 Å². The number of hydrogen-bond donors (Lipinski definition) is 2. The number of urea groups is 1. The number of pyridine rings is 2. The number of hydrogen-bond acceptors (Lipinski definition) is 11. The number of esters is 1. The summed E-state index contributed by atoms with van der Waals surface area (Å²) < 4.78 is 48.8. The first-order valence-corrected chi connectivity index (χ1v) is 11.3. The number of sulfonamides is 1. The number of halogens is 1. The van der Waals surface area contributed by atoms with Gasteiger partial charge in [0.1, 0.15) is 17.1 Å². The number of methoxy groups -OCH3 is 4. The maximum Gasteiger partial charge on any atom is 0.342 e. The van der Waals surface area contributed by atoms with Gasteiger partial charge >= 0.3 is 12.0 Å². The summed E-state index contributed by atoms with van der Waals surface area (Å²) in [4.78, 5) is 32.9. The Bertz CT molecular complexity index is 1360. The lowest BCUT2D eigenvalue weighted by Crippen LogP contribution is -2.36. The summed E-state index contributed by atoms with van der Waals surface area (Å²) in [5, 5.41) is 5.40. The Hall–Kier alpha value is -4.11. The molecule has 0 aliphatic heterocycles. The number of rotatable bonds is 8. The van der Waals surface area contributed by atoms with E-state index >= 15 is 0 Å².